The van der Waals surface area contributed by atoms with Gasteiger partial charge in [-0.2, -0.15) is 0 Å². The first-order valence-electron chi connectivity index (χ1n) is 7.39. The Hall–Kier alpha value is -2.00. The highest BCUT2D eigenvalue weighted by molar-refractivity contribution is 5.33. The smallest absolute Gasteiger partial charge is 0.124 e. The Morgan fingerprint density at radius 1 is 0.952 bits per heavy atom. The van der Waals surface area contributed by atoms with Gasteiger partial charge in [-0.25, -0.2) is 0 Å². The molecule has 1 N–H and O–H groups in total. The molecule has 0 atom stereocenters. The zero-order chi connectivity index (χ0) is 14.9. The van der Waals surface area contributed by atoms with Gasteiger partial charge >= 0.3 is 0 Å². The molecule has 112 valence electrons. The molecule has 0 aromatic heterocycles. The van der Waals surface area contributed by atoms with Gasteiger partial charge in [-0.15, -0.1) is 0 Å². The van der Waals surface area contributed by atoms with Crippen LogP contribution in [0.3, 0.4) is 0 Å². The average molecular weight is 285 g/mol. The van der Waals surface area contributed by atoms with Crippen molar-refractivity contribution in [3.8, 4) is 11.5 Å². The molecule has 2 aromatic carbocycles. The lowest BCUT2D eigenvalue weighted by Gasteiger charge is -2.14. The standard InChI is InChI=1S/C18H23NO2/c1-15(2)21-18-11-7-6-8-16(18)14-19-12-13-20-17-9-4-3-5-10-17/h3-11,15,19H,12-14H2,1-2H3. The summed E-state index contributed by atoms with van der Waals surface area (Å²) in [6.07, 6.45) is 0.188. The van der Waals surface area contributed by atoms with E-state index in [0.29, 0.717) is 6.61 Å². The van der Waals surface area contributed by atoms with Crippen LogP contribution in [0.5, 0.6) is 11.5 Å². The fraction of sp³-hybridized carbons (Fsp3) is 0.333. The van der Waals surface area contributed by atoms with Crippen molar-refractivity contribution in [1.82, 2.24) is 5.32 Å². The van der Waals surface area contributed by atoms with Crippen molar-refractivity contribution in [3.05, 3.63) is 60.2 Å². The van der Waals surface area contributed by atoms with Crippen LogP contribution in [0.25, 0.3) is 0 Å². The topological polar surface area (TPSA) is 30.5 Å². The molecule has 0 radical (unpaired) electrons. The predicted molar refractivity (Wildman–Crippen MR) is 85.8 cm³/mol. The van der Waals surface area contributed by atoms with Crippen molar-refractivity contribution in [2.45, 2.75) is 26.5 Å². The Morgan fingerprint density at radius 2 is 1.67 bits per heavy atom. The number of benzene rings is 2. The van der Waals surface area contributed by atoms with Gasteiger partial charge in [0, 0.05) is 18.7 Å². The van der Waals surface area contributed by atoms with Crippen LogP contribution in [0.2, 0.25) is 0 Å². The summed E-state index contributed by atoms with van der Waals surface area (Å²) in [5, 5.41) is 3.38. The van der Waals surface area contributed by atoms with Crippen LogP contribution in [0, 0.1) is 0 Å². The van der Waals surface area contributed by atoms with E-state index in [4.69, 9.17) is 9.47 Å². The zero-order valence-electron chi connectivity index (χ0n) is 12.7. The van der Waals surface area contributed by atoms with E-state index in [1.807, 2.05) is 62.4 Å². The summed E-state index contributed by atoms with van der Waals surface area (Å²) >= 11 is 0. The maximum absolute atomic E-state index is 5.80. The van der Waals surface area contributed by atoms with E-state index in [1.165, 1.54) is 5.56 Å². The molecular weight excluding hydrogens is 262 g/mol. The molecule has 0 fully saturated rings. The lowest BCUT2D eigenvalue weighted by atomic mass is 10.2. The highest BCUT2D eigenvalue weighted by Gasteiger charge is 2.04. The minimum atomic E-state index is 0.188. The Balaban J connectivity index is 1.73. The summed E-state index contributed by atoms with van der Waals surface area (Å²) in [6.45, 7) is 6.30. The summed E-state index contributed by atoms with van der Waals surface area (Å²) in [5.74, 6) is 1.85. The van der Waals surface area contributed by atoms with Crippen molar-refractivity contribution in [1.29, 1.82) is 0 Å². The first kappa shape index (κ1) is 15.4. The van der Waals surface area contributed by atoms with E-state index in [1.54, 1.807) is 0 Å². The fourth-order valence-corrected chi connectivity index (χ4v) is 2.00. The molecule has 3 nitrogen and oxygen atoms in total. The normalized spacial score (nSPS) is 10.6. The second-order valence-corrected chi connectivity index (χ2v) is 5.11. The van der Waals surface area contributed by atoms with Gasteiger partial charge in [0.2, 0.25) is 0 Å². The van der Waals surface area contributed by atoms with Gasteiger partial charge in [0.25, 0.3) is 0 Å². The monoisotopic (exact) mass is 285 g/mol. The van der Waals surface area contributed by atoms with Crippen LogP contribution >= 0.6 is 0 Å². The Bertz CT molecular complexity index is 526. The molecule has 0 aliphatic carbocycles. The summed E-state index contributed by atoms with van der Waals surface area (Å²) in [5.41, 5.74) is 1.17. The van der Waals surface area contributed by atoms with E-state index in [0.717, 1.165) is 24.6 Å². The molecule has 21 heavy (non-hydrogen) atoms. The summed E-state index contributed by atoms with van der Waals surface area (Å²) in [6, 6.07) is 18.0. The molecule has 0 aliphatic rings. The molecule has 2 rings (SSSR count). The summed E-state index contributed by atoms with van der Waals surface area (Å²) < 4.78 is 11.4. The molecule has 0 spiro atoms. The third-order valence-electron chi connectivity index (χ3n) is 2.94. The predicted octanol–water partition coefficient (Wildman–Crippen LogP) is 3.64. The highest BCUT2D eigenvalue weighted by atomic mass is 16.5. The minimum absolute atomic E-state index is 0.188. The molecule has 3 heteroatoms. The van der Waals surface area contributed by atoms with Crippen molar-refractivity contribution in [2.24, 2.45) is 0 Å². The van der Waals surface area contributed by atoms with E-state index in [9.17, 15) is 0 Å². The van der Waals surface area contributed by atoms with Gasteiger partial charge in [-0.05, 0) is 32.0 Å². The zero-order valence-corrected chi connectivity index (χ0v) is 12.7. The van der Waals surface area contributed by atoms with Gasteiger partial charge in [-0.1, -0.05) is 36.4 Å². The molecular formula is C18H23NO2. The van der Waals surface area contributed by atoms with Gasteiger partial charge in [0.05, 0.1) is 6.10 Å². The molecule has 0 saturated carbocycles. The average Bonchev–Trinajstić information content (AvgIpc) is 2.49. The maximum Gasteiger partial charge on any atom is 0.124 e. The van der Waals surface area contributed by atoms with E-state index >= 15 is 0 Å². The van der Waals surface area contributed by atoms with Crippen molar-refractivity contribution in [2.75, 3.05) is 13.2 Å². The molecule has 2 aromatic rings. The van der Waals surface area contributed by atoms with Crippen molar-refractivity contribution >= 4 is 0 Å². The van der Waals surface area contributed by atoms with E-state index in [-0.39, 0.29) is 6.10 Å². The number of ether oxygens (including phenoxy) is 2. The van der Waals surface area contributed by atoms with Crippen LogP contribution in [-0.4, -0.2) is 19.3 Å². The fourth-order valence-electron chi connectivity index (χ4n) is 2.00. The summed E-state index contributed by atoms with van der Waals surface area (Å²) in [7, 11) is 0. The van der Waals surface area contributed by atoms with Crippen LogP contribution in [0.15, 0.2) is 54.6 Å². The Kier molecular flexibility index (Phi) is 6.10. The Morgan fingerprint density at radius 3 is 2.43 bits per heavy atom. The lowest BCUT2D eigenvalue weighted by molar-refractivity contribution is 0.239. The maximum atomic E-state index is 5.80. The van der Waals surface area contributed by atoms with Gasteiger partial charge in [0.1, 0.15) is 18.1 Å². The molecule has 0 amide bonds. The number of hydrogen-bond donors (Lipinski definition) is 1. The van der Waals surface area contributed by atoms with Crippen LogP contribution in [0.4, 0.5) is 0 Å². The Labute approximate surface area is 126 Å². The molecule has 0 aliphatic heterocycles. The quantitative estimate of drug-likeness (QED) is 0.751. The number of nitrogens with one attached hydrogen (secondary N) is 1. The lowest BCUT2D eigenvalue weighted by Crippen LogP contribution is -2.21. The molecule has 0 bridgehead atoms. The SMILES string of the molecule is CC(C)Oc1ccccc1CNCCOc1ccccc1. The van der Waals surface area contributed by atoms with Crippen LogP contribution in [-0.2, 0) is 6.54 Å². The van der Waals surface area contributed by atoms with Gasteiger partial charge in [0.15, 0.2) is 0 Å². The van der Waals surface area contributed by atoms with Crippen LogP contribution < -0.4 is 14.8 Å². The van der Waals surface area contributed by atoms with Crippen molar-refractivity contribution in [3.63, 3.8) is 0 Å². The third-order valence-corrected chi connectivity index (χ3v) is 2.94. The van der Waals surface area contributed by atoms with Crippen molar-refractivity contribution < 1.29 is 9.47 Å². The second-order valence-electron chi connectivity index (χ2n) is 5.11. The largest absolute Gasteiger partial charge is 0.492 e. The first-order chi connectivity index (χ1) is 10.3. The first-order valence-corrected chi connectivity index (χ1v) is 7.39. The third kappa shape index (κ3) is 5.48. The molecule has 0 unspecified atom stereocenters. The van der Waals surface area contributed by atoms with E-state index < -0.39 is 0 Å². The number of hydrogen-bond acceptors (Lipinski definition) is 3. The molecule has 0 saturated heterocycles. The van der Waals surface area contributed by atoms with Crippen LogP contribution in [0.1, 0.15) is 19.4 Å². The molecule has 0 heterocycles. The van der Waals surface area contributed by atoms with Gasteiger partial charge < -0.3 is 14.8 Å². The second kappa shape index (κ2) is 8.32. The summed E-state index contributed by atoms with van der Waals surface area (Å²) in [4.78, 5) is 0. The van der Waals surface area contributed by atoms with E-state index in [2.05, 4.69) is 11.4 Å². The number of para-hydroxylation sites is 2. The highest BCUT2D eigenvalue weighted by Crippen LogP contribution is 2.19. The number of rotatable bonds is 8. The van der Waals surface area contributed by atoms with Gasteiger partial charge in [-0.3, -0.25) is 0 Å². The minimum Gasteiger partial charge on any atom is -0.492 e.